The molecule has 0 atom stereocenters. The molecule has 0 heterocycles. The van der Waals surface area contributed by atoms with Crippen molar-refractivity contribution in [3.05, 3.63) is 29.8 Å². The van der Waals surface area contributed by atoms with Crippen LogP contribution in [0.1, 0.15) is 31.7 Å². The second kappa shape index (κ2) is 9.92. The minimum absolute atomic E-state index is 0. The van der Waals surface area contributed by atoms with Crippen LogP contribution in [0.15, 0.2) is 24.3 Å². The number of likely N-dealkylation sites (N-methyl/N-ethyl adjacent to an activating group) is 1. The van der Waals surface area contributed by atoms with Crippen molar-refractivity contribution in [1.29, 1.82) is 0 Å². The van der Waals surface area contributed by atoms with Gasteiger partial charge in [0, 0.05) is 5.69 Å². The monoisotopic (exact) mass is 270 g/mol. The van der Waals surface area contributed by atoms with Crippen LogP contribution in [0.4, 0.5) is 5.69 Å². The third-order valence-corrected chi connectivity index (χ3v) is 2.64. The lowest BCUT2D eigenvalue weighted by atomic mass is 10.1. The lowest BCUT2D eigenvalue weighted by molar-refractivity contribution is -0.115. The van der Waals surface area contributed by atoms with Gasteiger partial charge in [0.25, 0.3) is 0 Å². The molecule has 0 saturated heterocycles. The van der Waals surface area contributed by atoms with Crippen LogP contribution in [-0.4, -0.2) is 19.5 Å². The van der Waals surface area contributed by atoms with Gasteiger partial charge in [0.05, 0.1) is 6.54 Å². The first kappa shape index (κ1) is 16.9. The maximum absolute atomic E-state index is 11.3. The maximum Gasteiger partial charge on any atom is 0.238 e. The molecule has 0 saturated carbocycles. The zero-order valence-corrected chi connectivity index (χ0v) is 12.0. The van der Waals surface area contributed by atoms with Gasteiger partial charge in [0.1, 0.15) is 0 Å². The molecule has 102 valence electrons. The van der Waals surface area contributed by atoms with E-state index in [1.807, 2.05) is 12.1 Å². The van der Waals surface area contributed by atoms with Crippen LogP contribution >= 0.6 is 12.4 Å². The number of amides is 1. The first-order valence-electron chi connectivity index (χ1n) is 6.29. The summed E-state index contributed by atoms with van der Waals surface area (Å²) in [5.41, 5.74) is 2.20. The number of benzene rings is 1. The Balaban J connectivity index is 0.00000289. The van der Waals surface area contributed by atoms with Crippen molar-refractivity contribution in [2.24, 2.45) is 0 Å². The van der Waals surface area contributed by atoms with Crippen molar-refractivity contribution in [3.8, 4) is 0 Å². The number of hydrogen-bond donors (Lipinski definition) is 2. The van der Waals surface area contributed by atoms with Gasteiger partial charge in [0.2, 0.25) is 5.91 Å². The van der Waals surface area contributed by atoms with E-state index in [9.17, 15) is 4.79 Å². The summed E-state index contributed by atoms with van der Waals surface area (Å²) in [6.07, 6.45) is 4.89. The maximum atomic E-state index is 11.3. The van der Waals surface area contributed by atoms with Gasteiger partial charge in [-0.3, -0.25) is 4.79 Å². The minimum atomic E-state index is -0.00812. The topological polar surface area (TPSA) is 41.1 Å². The van der Waals surface area contributed by atoms with E-state index < -0.39 is 0 Å². The highest BCUT2D eigenvalue weighted by Gasteiger charge is 2.00. The van der Waals surface area contributed by atoms with Crippen molar-refractivity contribution >= 4 is 24.0 Å². The number of carbonyl (C=O) groups is 1. The number of hydrogen-bond acceptors (Lipinski definition) is 2. The number of rotatable bonds is 7. The zero-order chi connectivity index (χ0) is 12.5. The molecule has 1 amide bonds. The molecule has 0 spiro atoms. The average Bonchev–Trinajstić information content (AvgIpc) is 2.32. The predicted molar refractivity (Wildman–Crippen MR) is 79.5 cm³/mol. The lowest BCUT2D eigenvalue weighted by Gasteiger charge is -2.06. The van der Waals surface area contributed by atoms with E-state index in [0.717, 1.165) is 12.1 Å². The van der Waals surface area contributed by atoms with E-state index in [-0.39, 0.29) is 18.3 Å². The molecule has 3 nitrogen and oxygen atoms in total. The first-order valence-corrected chi connectivity index (χ1v) is 6.29. The highest BCUT2D eigenvalue weighted by Crippen LogP contribution is 2.12. The third kappa shape index (κ3) is 6.62. The molecule has 0 aromatic heterocycles. The number of halogens is 1. The van der Waals surface area contributed by atoms with Gasteiger partial charge in [0.15, 0.2) is 0 Å². The van der Waals surface area contributed by atoms with Crippen molar-refractivity contribution in [1.82, 2.24) is 5.32 Å². The molecule has 1 aromatic carbocycles. The Morgan fingerprint density at radius 1 is 1.17 bits per heavy atom. The van der Waals surface area contributed by atoms with Gasteiger partial charge >= 0.3 is 0 Å². The Morgan fingerprint density at radius 3 is 2.39 bits per heavy atom. The van der Waals surface area contributed by atoms with Crippen LogP contribution in [0.3, 0.4) is 0 Å². The second-order valence-corrected chi connectivity index (χ2v) is 4.23. The Hall–Kier alpha value is -1.06. The van der Waals surface area contributed by atoms with Gasteiger partial charge in [-0.15, -0.1) is 12.4 Å². The summed E-state index contributed by atoms with van der Waals surface area (Å²) in [6, 6.07) is 8.11. The number of anilines is 1. The van der Waals surface area contributed by atoms with Gasteiger partial charge in [-0.05, 0) is 37.6 Å². The molecule has 0 bridgehead atoms. The van der Waals surface area contributed by atoms with Crippen LogP contribution in [0.2, 0.25) is 0 Å². The highest BCUT2D eigenvalue weighted by molar-refractivity contribution is 5.92. The molecule has 0 aliphatic rings. The van der Waals surface area contributed by atoms with Crippen LogP contribution < -0.4 is 10.6 Å². The second-order valence-electron chi connectivity index (χ2n) is 4.23. The predicted octanol–water partition coefficient (Wildman–Crippen LogP) is 3.00. The largest absolute Gasteiger partial charge is 0.325 e. The average molecular weight is 271 g/mol. The van der Waals surface area contributed by atoms with E-state index in [1.165, 1.54) is 24.8 Å². The fourth-order valence-corrected chi connectivity index (χ4v) is 1.70. The molecule has 1 rings (SSSR count). The van der Waals surface area contributed by atoms with Crippen molar-refractivity contribution < 1.29 is 4.79 Å². The van der Waals surface area contributed by atoms with Crippen LogP contribution in [0.25, 0.3) is 0 Å². The number of aryl methyl sites for hydroxylation is 1. The van der Waals surface area contributed by atoms with Crippen LogP contribution in [-0.2, 0) is 11.2 Å². The minimum Gasteiger partial charge on any atom is -0.325 e. The molecule has 0 fully saturated rings. The molecule has 18 heavy (non-hydrogen) atoms. The van der Waals surface area contributed by atoms with E-state index in [0.29, 0.717) is 6.54 Å². The Morgan fingerprint density at radius 2 is 1.83 bits per heavy atom. The Bertz CT molecular complexity index is 338. The van der Waals surface area contributed by atoms with Gasteiger partial charge < -0.3 is 10.6 Å². The summed E-state index contributed by atoms with van der Waals surface area (Å²) in [5, 5.41) is 5.66. The van der Waals surface area contributed by atoms with Crippen molar-refractivity contribution in [2.75, 3.05) is 18.9 Å². The van der Waals surface area contributed by atoms with Crippen molar-refractivity contribution in [2.45, 2.75) is 32.6 Å². The highest BCUT2D eigenvalue weighted by atomic mass is 35.5. The van der Waals surface area contributed by atoms with E-state index >= 15 is 0 Å². The molecular formula is C14H23ClN2O. The summed E-state index contributed by atoms with van der Waals surface area (Å²) in [5.74, 6) is -0.00812. The molecule has 0 aliphatic heterocycles. The quantitative estimate of drug-likeness (QED) is 0.748. The van der Waals surface area contributed by atoms with Gasteiger partial charge in [-0.2, -0.15) is 0 Å². The van der Waals surface area contributed by atoms with E-state index in [4.69, 9.17) is 0 Å². The standard InChI is InChI=1S/C14H22N2O.ClH/c1-3-4-5-6-12-7-9-13(10-8-12)16-14(17)11-15-2;/h7-10,15H,3-6,11H2,1-2H3,(H,16,17);1H. The van der Waals surface area contributed by atoms with Crippen molar-refractivity contribution in [3.63, 3.8) is 0 Å². The number of carbonyl (C=O) groups excluding carboxylic acids is 1. The van der Waals surface area contributed by atoms with E-state index in [1.54, 1.807) is 7.05 Å². The summed E-state index contributed by atoms with van der Waals surface area (Å²) < 4.78 is 0. The molecule has 0 unspecified atom stereocenters. The summed E-state index contributed by atoms with van der Waals surface area (Å²) >= 11 is 0. The normalized spacial score (nSPS) is 9.67. The number of nitrogens with one attached hydrogen (secondary N) is 2. The molecule has 2 N–H and O–H groups in total. The zero-order valence-electron chi connectivity index (χ0n) is 11.2. The fourth-order valence-electron chi connectivity index (χ4n) is 1.70. The third-order valence-electron chi connectivity index (χ3n) is 2.64. The Labute approximate surface area is 116 Å². The van der Waals surface area contributed by atoms with E-state index in [2.05, 4.69) is 29.7 Å². The molecule has 0 radical (unpaired) electrons. The molecule has 0 aliphatic carbocycles. The summed E-state index contributed by atoms with van der Waals surface area (Å²) in [4.78, 5) is 11.3. The van der Waals surface area contributed by atoms with Crippen LogP contribution in [0, 0.1) is 0 Å². The lowest BCUT2D eigenvalue weighted by Crippen LogP contribution is -2.24. The molecular weight excluding hydrogens is 248 g/mol. The SMILES string of the molecule is CCCCCc1ccc(NC(=O)CNC)cc1.Cl. The number of unbranched alkanes of at least 4 members (excludes halogenated alkanes) is 2. The fraction of sp³-hybridized carbons (Fsp3) is 0.500. The summed E-state index contributed by atoms with van der Waals surface area (Å²) in [7, 11) is 1.76. The summed E-state index contributed by atoms with van der Waals surface area (Å²) in [6.45, 7) is 2.55. The molecule has 4 heteroatoms. The Kier molecular flexibility index (Phi) is 9.33. The van der Waals surface area contributed by atoms with Gasteiger partial charge in [-0.1, -0.05) is 31.9 Å². The smallest absolute Gasteiger partial charge is 0.238 e. The van der Waals surface area contributed by atoms with Gasteiger partial charge in [-0.25, -0.2) is 0 Å². The van der Waals surface area contributed by atoms with Crippen LogP contribution in [0.5, 0.6) is 0 Å². The molecule has 1 aromatic rings. The first-order chi connectivity index (χ1) is 8.26.